The second kappa shape index (κ2) is 7.56. The third kappa shape index (κ3) is 4.14. The molecule has 1 aromatic carbocycles. The van der Waals surface area contributed by atoms with Gasteiger partial charge in [0, 0.05) is 19.7 Å². The Labute approximate surface area is 124 Å². The molecule has 2 rings (SSSR count). The Hall–Kier alpha value is -2.18. The summed E-state index contributed by atoms with van der Waals surface area (Å²) in [6, 6.07) is 9.67. The SMILES string of the molecule is COCCNCC(=O)Nc1ccnn1-c1ccccc1C. The number of anilines is 1. The molecule has 0 saturated carbocycles. The minimum absolute atomic E-state index is 0.110. The maximum atomic E-state index is 11.9. The molecule has 0 radical (unpaired) electrons. The molecule has 0 fully saturated rings. The number of ether oxygens (including phenoxy) is 1. The van der Waals surface area contributed by atoms with Crippen molar-refractivity contribution in [1.82, 2.24) is 15.1 Å². The molecule has 0 bridgehead atoms. The van der Waals surface area contributed by atoms with E-state index in [0.29, 0.717) is 19.0 Å². The molecule has 2 N–H and O–H groups in total. The Kier molecular flexibility index (Phi) is 5.48. The Morgan fingerprint density at radius 2 is 2.14 bits per heavy atom. The standard InChI is InChI=1S/C15H20N4O2/c1-12-5-3-4-6-13(12)19-14(7-8-17-19)18-15(20)11-16-9-10-21-2/h3-8,16H,9-11H2,1-2H3,(H,18,20). The van der Waals surface area contributed by atoms with Gasteiger partial charge in [0.15, 0.2) is 0 Å². The van der Waals surface area contributed by atoms with Crippen molar-refractivity contribution in [3.63, 3.8) is 0 Å². The molecule has 1 amide bonds. The number of carbonyl (C=O) groups excluding carboxylic acids is 1. The summed E-state index contributed by atoms with van der Waals surface area (Å²) in [5.74, 6) is 0.546. The first-order valence-electron chi connectivity index (χ1n) is 6.82. The highest BCUT2D eigenvalue weighted by Gasteiger charge is 2.09. The van der Waals surface area contributed by atoms with Crippen LogP contribution in [0, 0.1) is 6.92 Å². The highest BCUT2D eigenvalue weighted by molar-refractivity contribution is 5.91. The number of amides is 1. The molecule has 6 nitrogen and oxygen atoms in total. The molecule has 0 unspecified atom stereocenters. The second-order valence-electron chi connectivity index (χ2n) is 4.63. The molecule has 2 aromatic rings. The zero-order valence-electron chi connectivity index (χ0n) is 12.3. The van der Waals surface area contributed by atoms with Crippen molar-refractivity contribution < 1.29 is 9.53 Å². The van der Waals surface area contributed by atoms with Crippen LogP contribution in [0.5, 0.6) is 0 Å². The van der Waals surface area contributed by atoms with Crippen molar-refractivity contribution in [2.75, 3.05) is 32.1 Å². The normalized spacial score (nSPS) is 10.6. The number of para-hydroxylation sites is 1. The minimum atomic E-state index is -0.110. The van der Waals surface area contributed by atoms with Crippen LogP contribution in [0.25, 0.3) is 5.69 Å². The second-order valence-corrected chi connectivity index (χ2v) is 4.63. The van der Waals surface area contributed by atoms with Crippen molar-refractivity contribution in [3.05, 3.63) is 42.1 Å². The molecule has 0 spiro atoms. The molecular formula is C15H20N4O2. The quantitative estimate of drug-likeness (QED) is 0.755. The lowest BCUT2D eigenvalue weighted by atomic mass is 10.2. The smallest absolute Gasteiger partial charge is 0.239 e. The van der Waals surface area contributed by atoms with E-state index in [0.717, 1.165) is 11.3 Å². The van der Waals surface area contributed by atoms with Crippen molar-refractivity contribution in [2.24, 2.45) is 0 Å². The third-order valence-corrected chi connectivity index (χ3v) is 3.02. The largest absolute Gasteiger partial charge is 0.383 e. The van der Waals surface area contributed by atoms with E-state index in [4.69, 9.17) is 4.74 Å². The molecule has 0 atom stereocenters. The molecule has 0 aliphatic carbocycles. The van der Waals surface area contributed by atoms with Gasteiger partial charge in [-0.3, -0.25) is 4.79 Å². The summed E-state index contributed by atoms with van der Waals surface area (Å²) in [6.45, 7) is 3.46. The summed E-state index contributed by atoms with van der Waals surface area (Å²) < 4.78 is 6.64. The number of benzene rings is 1. The maximum absolute atomic E-state index is 11.9. The monoisotopic (exact) mass is 288 g/mol. The van der Waals surface area contributed by atoms with E-state index in [1.165, 1.54) is 0 Å². The summed E-state index contributed by atoms with van der Waals surface area (Å²) in [7, 11) is 1.63. The number of aromatic nitrogens is 2. The summed E-state index contributed by atoms with van der Waals surface area (Å²) in [5, 5.41) is 10.1. The van der Waals surface area contributed by atoms with Crippen molar-refractivity contribution in [1.29, 1.82) is 0 Å². The van der Waals surface area contributed by atoms with Gasteiger partial charge in [0.05, 0.1) is 25.0 Å². The van der Waals surface area contributed by atoms with Gasteiger partial charge < -0.3 is 15.4 Å². The summed E-state index contributed by atoms with van der Waals surface area (Å²) in [6.07, 6.45) is 1.67. The van der Waals surface area contributed by atoms with Gasteiger partial charge in [-0.25, -0.2) is 4.68 Å². The molecule has 1 heterocycles. The number of aryl methyl sites for hydroxylation is 1. The fourth-order valence-corrected chi connectivity index (χ4v) is 1.95. The van der Waals surface area contributed by atoms with E-state index < -0.39 is 0 Å². The van der Waals surface area contributed by atoms with E-state index in [1.54, 1.807) is 24.1 Å². The Morgan fingerprint density at radius 1 is 1.33 bits per heavy atom. The molecule has 0 aliphatic heterocycles. The first-order valence-corrected chi connectivity index (χ1v) is 6.82. The van der Waals surface area contributed by atoms with Gasteiger partial charge in [-0.05, 0) is 18.6 Å². The van der Waals surface area contributed by atoms with Gasteiger partial charge in [0.1, 0.15) is 5.82 Å². The summed E-state index contributed by atoms with van der Waals surface area (Å²) >= 11 is 0. The molecule has 21 heavy (non-hydrogen) atoms. The number of nitrogens with zero attached hydrogens (tertiary/aromatic N) is 2. The van der Waals surface area contributed by atoms with Gasteiger partial charge in [0.2, 0.25) is 5.91 Å². The fourth-order valence-electron chi connectivity index (χ4n) is 1.95. The third-order valence-electron chi connectivity index (χ3n) is 3.02. The number of hydrogen-bond donors (Lipinski definition) is 2. The number of nitrogens with one attached hydrogen (secondary N) is 2. The summed E-state index contributed by atoms with van der Waals surface area (Å²) in [4.78, 5) is 11.9. The van der Waals surface area contributed by atoms with Crippen LogP contribution in [0.4, 0.5) is 5.82 Å². The molecule has 0 saturated heterocycles. The molecule has 1 aromatic heterocycles. The number of methoxy groups -OCH3 is 1. The van der Waals surface area contributed by atoms with Gasteiger partial charge in [-0.15, -0.1) is 0 Å². The van der Waals surface area contributed by atoms with Crippen LogP contribution in [0.3, 0.4) is 0 Å². The number of rotatable bonds is 7. The lowest BCUT2D eigenvalue weighted by molar-refractivity contribution is -0.115. The fraction of sp³-hybridized carbons (Fsp3) is 0.333. The Balaban J connectivity index is 2.01. The molecule has 112 valence electrons. The van der Waals surface area contributed by atoms with Crippen LogP contribution in [0.2, 0.25) is 0 Å². The topological polar surface area (TPSA) is 68.2 Å². The van der Waals surface area contributed by atoms with Gasteiger partial charge in [-0.1, -0.05) is 18.2 Å². The highest BCUT2D eigenvalue weighted by Crippen LogP contribution is 2.17. The first kappa shape index (κ1) is 15.2. The van der Waals surface area contributed by atoms with Crippen molar-refractivity contribution >= 4 is 11.7 Å². The van der Waals surface area contributed by atoms with Gasteiger partial charge in [0.25, 0.3) is 0 Å². The van der Waals surface area contributed by atoms with Gasteiger partial charge in [-0.2, -0.15) is 5.10 Å². The predicted octanol–water partition coefficient (Wildman–Crippen LogP) is 1.36. The van der Waals surface area contributed by atoms with Gasteiger partial charge >= 0.3 is 0 Å². The van der Waals surface area contributed by atoms with Crippen LogP contribution in [-0.2, 0) is 9.53 Å². The van der Waals surface area contributed by atoms with E-state index >= 15 is 0 Å². The van der Waals surface area contributed by atoms with Crippen molar-refractivity contribution in [2.45, 2.75) is 6.92 Å². The molecular weight excluding hydrogens is 268 g/mol. The van der Waals surface area contributed by atoms with Crippen LogP contribution in [0.1, 0.15) is 5.56 Å². The van der Waals surface area contributed by atoms with E-state index in [-0.39, 0.29) is 12.5 Å². The predicted molar refractivity (Wildman–Crippen MR) is 81.7 cm³/mol. The van der Waals surface area contributed by atoms with Crippen LogP contribution in [-0.4, -0.2) is 42.5 Å². The molecule has 0 aliphatic rings. The Morgan fingerprint density at radius 3 is 2.90 bits per heavy atom. The molecule has 6 heteroatoms. The minimum Gasteiger partial charge on any atom is -0.383 e. The van der Waals surface area contributed by atoms with Crippen molar-refractivity contribution in [3.8, 4) is 5.69 Å². The zero-order valence-corrected chi connectivity index (χ0v) is 12.3. The maximum Gasteiger partial charge on any atom is 0.239 e. The Bertz CT molecular complexity index is 595. The van der Waals surface area contributed by atoms with E-state index in [9.17, 15) is 4.79 Å². The van der Waals surface area contributed by atoms with Crippen LogP contribution in [0.15, 0.2) is 36.5 Å². The van der Waals surface area contributed by atoms with Crippen LogP contribution < -0.4 is 10.6 Å². The van der Waals surface area contributed by atoms with E-state index in [2.05, 4.69) is 15.7 Å². The van der Waals surface area contributed by atoms with Crippen LogP contribution >= 0.6 is 0 Å². The summed E-state index contributed by atoms with van der Waals surface area (Å²) in [5.41, 5.74) is 2.04. The lowest BCUT2D eigenvalue weighted by Crippen LogP contribution is -2.30. The average molecular weight is 288 g/mol. The lowest BCUT2D eigenvalue weighted by Gasteiger charge is -2.11. The first-order chi connectivity index (χ1) is 10.2. The number of hydrogen-bond acceptors (Lipinski definition) is 4. The average Bonchev–Trinajstić information content (AvgIpc) is 2.92. The zero-order chi connectivity index (χ0) is 15.1. The van der Waals surface area contributed by atoms with E-state index in [1.807, 2.05) is 31.2 Å². The number of carbonyl (C=O) groups is 1. The highest BCUT2D eigenvalue weighted by atomic mass is 16.5.